The monoisotopic (exact) mass is 513 g/mol. The minimum Gasteiger partial charge on any atom is -0.484 e. The van der Waals surface area contributed by atoms with E-state index in [0.717, 1.165) is 32.5 Å². The van der Waals surface area contributed by atoms with E-state index in [4.69, 9.17) is 14.6 Å². The second-order valence-corrected chi connectivity index (χ2v) is 9.88. The Morgan fingerprint density at radius 2 is 1.81 bits per heavy atom. The number of piperidine rings is 1. The van der Waals surface area contributed by atoms with E-state index in [1.807, 2.05) is 35.2 Å². The van der Waals surface area contributed by atoms with Crippen LogP contribution in [0.2, 0.25) is 0 Å². The van der Waals surface area contributed by atoms with Crippen molar-refractivity contribution < 1.29 is 37.4 Å². The molecule has 36 heavy (non-hydrogen) atoms. The van der Waals surface area contributed by atoms with Crippen LogP contribution in [0.5, 0.6) is 5.75 Å². The molecule has 11 heteroatoms. The van der Waals surface area contributed by atoms with Gasteiger partial charge in [-0.2, -0.15) is 13.2 Å². The molecule has 1 spiro atoms. The Balaban J connectivity index is 0.000000454. The molecule has 0 saturated carbocycles. The fourth-order valence-corrected chi connectivity index (χ4v) is 5.26. The molecule has 3 aliphatic rings. The number of alkyl halides is 3. The number of carboxylic acid groups (broad SMARTS) is 1. The van der Waals surface area contributed by atoms with Gasteiger partial charge in [-0.3, -0.25) is 9.59 Å². The number of halogens is 3. The lowest BCUT2D eigenvalue weighted by Gasteiger charge is -2.42. The van der Waals surface area contributed by atoms with E-state index in [1.54, 1.807) is 0 Å². The third-order valence-corrected chi connectivity index (χ3v) is 7.44. The first-order chi connectivity index (χ1) is 16.9. The van der Waals surface area contributed by atoms with Crippen LogP contribution >= 0.6 is 0 Å². The molecule has 3 saturated heterocycles. The maximum absolute atomic E-state index is 12.7. The Morgan fingerprint density at radius 3 is 2.36 bits per heavy atom. The van der Waals surface area contributed by atoms with Crippen LogP contribution in [0.25, 0.3) is 0 Å². The third-order valence-electron chi connectivity index (χ3n) is 7.44. The van der Waals surface area contributed by atoms with Gasteiger partial charge in [-0.1, -0.05) is 38.5 Å². The Kier molecular flexibility index (Phi) is 8.86. The Bertz CT molecular complexity index is 919. The summed E-state index contributed by atoms with van der Waals surface area (Å²) in [7, 11) is 0. The van der Waals surface area contributed by atoms with Gasteiger partial charge in [0, 0.05) is 44.2 Å². The first-order valence-electron chi connectivity index (χ1n) is 12.2. The number of fused-ring (bicyclic) bond motifs is 2. The van der Waals surface area contributed by atoms with E-state index in [2.05, 4.69) is 24.1 Å². The summed E-state index contributed by atoms with van der Waals surface area (Å²) >= 11 is 0. The van der Waals surface area contributed by atoms with Gasteiger partial charge in [0.2, 0.25) is 5.91 Å². The quantitative estimate of drug-likeness (QED) is 0.607. The highest BCUT2D eigenvalue weighted by Gasteiger charge is 2.57. The van der Waals surface area contributed by atoms with Gasteiger partial charge in [0.1, 0.15) is 5.75 Å². The number of hydrogen-bond donors (Lipinski definition) is 2. The van der Waals surface area contributed by atoms with Gasteiger partial charge < -0.3 is 25.0 Å². The number of amides is 2. The minimum absolute atomic E-state index is 0.0226. The van der Waals surface area contributed by atoms with Gasteiger partial charge in [-0.25, -0.2) is 4.79 Å². The van der Waals surface area contributed by atoms with Gasteiger partial charge in [-0.15, -0.1) is 0 Å². The van der Waals surface area contributed by atoms with Crippen LogP contribution in [0, 0.1) is 17.8 Å². The van der Waals surface area contributed by atoms with Crippen molar-refractivity contribution in [3.63, 3.8) is 0 Å². The number of para-hydroxylation sites is 1. The highest BCUT2D eigenvalue weighted by Crippen LogP contribution is 2.44. The average Bonchev–Trinajstić information content (AvgIpc) is 3.37. The Morgan fingerprint density at radius 1 is 1.19 bits per heavy atom. The smallest absolute Gasteiger partial charge is 0.484 e. The molecule has 1 aromatic rings. The molecule has 3 aliphatic heterocycles. The molecule has 1 aromatic carbocycles. The zero-order chi connectivity index (χ0) is 26.5. The number of aliphatic carboxylic acids is 1. The standard InChI is InChI=1S/C23H33N3O3.C2HF3O2/c1-3-17(2)13-25-14-19-20(15-25)23(24-22(19)28)9-11-26(12-10-23)21(27)16-29-18-7-5-4-6-8-18;3-2(4,5)1(6)7/h4-8,17,19-20H,3,9-16H2,1-2H3,(H,24,28);(H,6,7)/t17?,19-,20+;/m1./s1. The number of carboxylic acids is 1. The number of hydrogen-bond acceptors (Lipinski definition) is 5. The van der Waals surface area contributed by atoms with E-state index >= 15 is 0 Å². The van der Waals surface area contributed by atoms with Crippen molar-refractivity contribution in [3.05, 3.63) is 30.3 Å². The Hall–Kier alpha value is -2.82. The molecule has 0 bridgehead atoms. The van der Waals surface area contributed by atoms with Crippen LogP contribution in [-0.2, 0) is 14.4 Å². The van der Waals surface area contributed by atoms with Crippen LogP contribution in [0.15, 0.2) is 30.3 Å². The second kappa shape index (κ2) is 11.5. The van der Waals surface area contributed by atoms with E-state index in [-0.39, 0.29) is 29.9 Å². The number of rotatable bonds is 6. The van der Waals surface area contributed by atoms with E-state index in [0.29, 0.717) is 30.7 Å². The van der Waals surface area contributed by atoms with Crippen molar-refractivity contribution in [1.82, 2.24) is 15.1 Å². The SMILES string of the molecule is CCC(C)CN1C[C@H]2C(=O)NC3(CCN(C(=O)COc4ccccc4)CC3)[C@H]2C1.O=C(O)C(F)(F)F. The molecule has 0 aliphatic carbocycles. The fourth-order valence-electron chi connectivity index (χ4n) is 5.26. The molecular weight excluding hydrogens is 479 g/mol. The molecule has 3 heterocycles. The summed E-state index contributed by atoms with van der Waals surface area (Å²) in [6, 6.07) is 9.44. The van der Waals surface area contributed by atoms with Crippen LogP contribution in [0.4, 0.5) is 13.2 Å². The molecule has 4 rings (SSSR count). The van der Waals surface area contributed by atoms with Crippen LogP contribution in [-0.4, -0.2) is 83.7 Å². The van der Waals surface area contributed by atoms with Gasteiger partial charge in [0.25, 0.3) is 5.91 Å². The summed E-state index contributed by atoms with van der Waals surface area (Å²) in [6.45, 7) is 8.91. The normalized spacial score (nSPS) is 23.9. The highest BCUT2D eigenvalue weighted by atomic mass is 19.4. The first kappa shape index (κ1) is 27.8. The van der Waals surface area contributed by atoms with E-state index < -0.39 is 12.1 Å². The zero-order valence-electron chi connectivity index (χ0n) is 20.6. The summed E-state index contributed by atoms with van der Waals surface area (Å²) in [5.74, 6) is -0.653. The Labute approximate surface area is 208 Å². The van der Waals surface area contributed by atoms with Crippen LogP contribution in [0.1, 0.15) is 33.1 Å². The van der Waals surface area contributed by atoms with Crippen molar-refractivity contribution in [2.75, 3.05) is 39.3 Å². The molecule has 8 nitrogen and oxygen atoms in total. The lowest BCUT2D eigenvalue weighted by Crippen LogP contribution is -2.56. The maximum Gasteiger partial charge on any atom is 0.490 e. The third kappa shape index (κ3) is 6.68. The molecule has 0 radical (unpaired) electrons. The van der Waals surface area contributed by atoms with Crippen molar-refractivity contribution >= 4 is 17.8 Å². The van der Waals surface area contributed by atoms with Crippen molar-refractivity contribution in [2.24, 2.45) is 17.8 Å². The zero-order valence-corrected chi connectivity index (χ0v) is 20.6. The predicted molar refractivity (Wildman–Crippen MR) is 125 cm³/mol. The van der Waals surface area contributed by atoms with Gasteiger partial charge >= 0.3 is 12.1 Å². The summed E-state index contributed by atoms with van der Waals surface area (Å²) in [6.07, 6.45) is -2.23. The summed E-state index contributed by atoms with van der Waals surface area (Å²) in [5, 5.41) is 10.5. The second-order valence-electron chi connectivity index (χ2n) is 9.88. The minimum atomic E-state index is -5.08. The molecule has 3 atom stereocenters. The number of benzene rings is 1. The average molecular weight is 514 g/mol. The molecular formula is C25H34F3N3O5. The van der Waals surface area contributed by atoms with Crippen molar-refractivity contribution in [1.29, 1.82) is 0 Å². The molecule has 3 fully saturated rings. The lowest BCUT2D eigenvalue weighted by molar-refractivity contribution is -0.192. The van der Waals surface area contributed by atoms with Gasteiger partial charge in [0.15, 0.2) is 6.61 Å². The number of nitrogens with zero attached hydrogens (tertiary/aromatic N) is 2. The summed E-state index contributed by atoms with van der Waals surface area (Å²) in [4.78, 5) is 38.5. The molecule has 2 N–H and O–H groups in total. The highest BCUT2D eigenvalue weighted by molar-refractivity contribution is 5.84. The first-order valence-corrected chi connectivity index (χ1v) is 12.2. The van der Waals surface area contributed by atoms with Crippen molar-refractivity contribution in [2.45, 2.75) is 44.8 Å². The predicted octanol–water partition coefficient (Wildman–Crippen LogP) is 2.78. The van der Waals surface area contributed by atoms with Gasteiger partial charge in [0.05, 0.1) is 5.92 Å². The molecule has 0 aromatic heterocycles. The maximum atomic E-state index is 12.7. The van der Waals surface area contributed by atoms with Crippen LogP contribution < -0.4 is 10.1 Å². The summed E-state index contributed by atoms with van der Waals surface area (Å²) < 4.78 is 37.4. The van der Waals surface area contributed by atoms with E-state index in [1.165, 1.54) is 6.42 Å². The number of likely N-dealkylation sites (tertiary alicyclic amines) is 2. The number of nitrogens with one attached hydrogen (secondary N) is 1. The molecule has 2 amide bonds. The van der Waals surface area contributed by atoms with E-state index in [9.17, 15) is 22.8 Å². The number of carbonyl (C=O) groups excluding carboxylic acids is 2. The molecule has 1 unspecified atom stereocenters. The van der Waals surface area contributed by atoms with Crippen LogP contribution in [0.3, 0.4) is 0 Å². The van der Waals surface area contributed by atoms with Gasteiger partial charge in [-0.05, 0) is 30.9 Å². The number of ether oxygens (including phenoxy) is 1. The number of carbonyl (C=O) groups is 3. The summed E-state index contributed by atoms with van der Waals surface area (Å²) in [5.41, 5.74) is -0.136. The molecule has 200 valence electrons. The topological polar surface area (TPSA) is 99.2 Å². The van der Waals surface area contributed by atoms with Crippen molar-refractivity contribution in [3.8, 4) is 5.75 Å². The fraction of sp³-hybridized carbons (Fsp3) is 0.640. The largest absolute Gasteiger partial charge is 0.490 e. The lowest BCUT2D eigenvalue weighted by atomic mass is 9.75.